The molecule has 86 valence electrons. The Morgan fingerprint density at radius 2 is 2.27 bits per heavy atom. The predicted octanol–water partition coefficient (Wildman–Crippen LogP) is 3.04. The summed E-state index contributed by atoms with van der Waals surface area (Å²) in [6, 6.07) is 0.662. The molecule has 1 saturated carbocycles. The van der Waals surface area contributed by atoms with Crippen LogP contribution in [-0.2, 0) is 0 Å². The van der Waals surface area contributed by atoms with E-state index in [0.29, 0.717) is 11.5 Å². The van der Waals surface area contributed by atoms with Crippen molar-refractivity contribution in [2.24, 2.45) is 10.4 Å². The molecule has 0 radical (unpaired) electrons. The van der Waals surface area contributed by atoms with E-state index in [1.165, 1.54) is 43.0 Å². The van der Waals surface area contributed by atoms with Crippen LogP contribution in [0.15, 0.2) is 4.99 Å². The standard InChI is InChI=1S/C12H22N2S/c1-3-5-12(6-7-12)9-13-11-14-10(4-2)8-15-11/h10H,3-9H2,1-2H3,(H,13,14). The highest BCUT2D eigenvalue weighted by atomic mass is 32.2. The van der Waals surface area contributed by atoms with Crippen molar-refractivity contribution in [3.63, 3.8) is 0 Å². The summed E-state index contributed by atoms with van der Waals surface area (Å²) in [5, 5.41) is 4.69. The van der Waals surface area contributed by atoms with Gasteiger partial charge in [0.25, 0.3) is 0 Å². The molecular formula is C12H22N2S. The van der Waals surface area contributed by atoms with Crippen LogP contribution in [0.3, 0.4) is 0 Å². The Kier molecular flexibility index (Phi) is 3.60. The number of nitrogens with zero attached hydrogens (tertiary/aromatic N) is 1. The van der Waals surface area contributed by atoms with Crippen molar-refractivity contribution in [2.75, 3.05) is 12.3 Å². The van der Waals surface area contributed by atoms with E-state index >= 15 is 0 Å². The SMILES string of the molecule is CCCC1(CN=C2NC(CC)CS2)CC1. The maximum Gasteiger partial charge on any atom is 0.156 e. The largest absolute Gasteiger partial charge is 0.361 e. The third-order valence-corrected chi connectivity index (χ3v) is 4.63. The van der Waals surface area contributed by atoms with Crippen LogP contribution in [0.5, 0.6) is 0 Å². The molecule has 1 unspecified atom stereocenters. The second-order valence-electron chi connectivity index (χ2n) is 4.93. The summed E-state index contributed by atoms with van der Waals surface area (Å²) in [4.78, 5) is 4.74. The molecule has 15 heavy (non-hydrogen) atoms. The van der Waals surface area contributed by atoms with Gasteiger partial charge < -0.3 is 5.32 Å². The first-order valence-electron chi connectivity index (χ1n) is 6.22. The fourth-order valence-electron chi connectivity index (χ4n) is 2.18. The summed E-state index contributed by atoms with van der Waals surface area (Å²) in [5.74, 6) is 1.20. The minimum Gasteiger partial charge on any atom is -0.361 e. The molecule has 0 bridgehead atoms. The second kappa shape index (κ2) is 4.77. The first-order valence-corrected chi connectivity index (χ1v) is 7.20. The van der Waals surface area contributed by atoms with Gasteiger partial charge in [-0.2, -0.15) is 0 Å². The van der Waals surface area contributed by atoms with E-state index in [0.717, 1.165) is 6.54 Å². The van der Waals surface area contributed by atoms with Gasteiger partial charge in [0.05, 0.1) is 0 Å². The van der Waals surface area contributed by atoms with Crippen molar-refractivity contribution in [3.05, 3.63) is 0 Å². The summed E-state index contributed by atoms with van der Waals surface area (Å²) in [5.41, 5.74) is 0.605. The van der Waals surface area contributed by atoms with Gasteiger partial charge in [0, 0.05) is 18.3 Å². The zero-order valence-corrected chi connectivity index (χ0v) is 10.7. The summed E-state index contributed by atoms with van der Waals surface area (Å²) in [6.07, 6.45) is 6.69. The van der Waals surface area contributed by atoms with Crippen LogP contribution in [0.1, 0.15) is 46.0 Å². The van der Waals surface area contributed by atoms with E-state index in [9.17, 15) is 0 Å². The molecule has 1 heterocycles. The number of hydrogen-bond donors (Lipinski definition) is 1. The van der Waals surface area contributed by atoms with Gasteiger partial charge in [-0.3, -0.25) is 4.99 Å². The number of aliphatic imine (C=N–C) groups is 1. The topological polar surface area (TPSA) is 24.4 Å². The Labute approximate surface area is 97.3 Å². The van der Waals surface area contributed by atoms with Crippen LogP contribution < -0.4 is 5.32 Å². The fourth-order valence-corrected chi connectivity index (χ4v) is 3.27. The molecule has 0 aromatic heterocycles. The van der Waals surface area contributed by atoms with Crippen molar-refractivity contribution in [3.8, 4) is 0 Å². The molecule has 1 N–H and O–H groups in total. The quantitative estimate of drug-likeness (QED) is 0.779. The van der Waals surface area contributed by atoms with E-state index in [-0.39, 0.29) is 0 Å². The van der Waals surface area contributed by atoms with Crippen LogP contribution in [0, 0.1) is 5.41 Å². The normalized spacial score (nSPS) is 30.5. The number of rotatable bonds is 5. The van der Waals surface area contributed by atoms with E-state index in [4.69, 9.17) is 4.99 Å². The van der Waals surface area contributed by atoms with Crippen molar-refractivity contribution >= 4 is 16.9 Å². The highest BCUT2D eigenvalue weighted by Gasteiger charge is 2.41. The molecule has 0 spiro atoms. The monoisotopic (exact) mass is 226 g/mol. The second-order valence-corrected chi connectivity index (χ2v) is 5.94. The average molecular weight is 226 g/mol. The van der Waals surface area contributed by atoms with E-state index in [1.807, 2.05) is 11.8 Å². The molecule has 1 atom stereocenters. The molecule has 0 aromatic carbocycles. The Morgan fingerprint density at radius 3 is 2.80 bits per heavy atom. The van der Waals surface area contributed by atoms with Gasteiger partial charge in [0.1, 0.15) is 0 Å². The molecule has 2 rings (SSSR count). The Bertz CT molecular complexity index is 246. The van der Waals surface area contributed by atoms with Gasteiger partial charge in [-0.05, 0) is 31.1 Å². The van der Waals surface area contributed by atoms with Crippen molar-refractivity contribution in [1.82, 2.24) is 5.32 Å². The van der Waals surface area contributed by atoms with Crippen LogP contribution in [0.25, 0.3) is 0 Å². The lowest BCUT2D eigenvalue weighted by Crippen LogP contribution is -2.26. The van der Waals surface area contributed by atoms with Gasteiger partial charge in [-0.15, -0.1) is 0 Å². The molecule has 2 aliphatic rings. The van der Waals surface area contributed by atoms with E-state index in [1.54, 1.807) is 0 Å². The number of thioether (sulfide) groups is 1. The van der Waals surface area contributed by atoms with E-state index in [2.05, 4.69) is 19.2 Å². The molecule has 2 fully saturated rings. The maximum absolute atomic E-state index is 4.74. The number of amidine groups is 1. The van der Waals surface area contributed by atoms with Gasteiger partial charge in [-0.1, -0.05) is 32.0 Å². The predicted molar refractivity (Wildman–Crippen MR) is 68.5 cm³/mol. The summed E-state index contributed by atoms with van der Waals surface area (Å²) in [6.45, 7) is 5.58. The lowest BCUT2D eigenvalue weighted by atomic mass is 10.0. The third-order valence-electron chi connectivity index (χ3n) is 3.54. The molecule has 1 aliphatic carbocycles. The smallest absolute Gasteiger partial charge is 0.156 e. The molecule has 0 aromatic rings. The highest BCUT2D eigenvalue weighted by molar-refractivity contribution is 8.14. The van der Waals surface area contributed by atoms with Crippen molar-refractivity contribution in [1.29, 1.82) is 0 Å². The van der Waals surface area contributed by atoms with Crippen molar-refractivity contribution in [2.45, 2.75) is 52.0 Å². The Morgan fingerprint density at radius 1 is 1.47 bits per heavy atom. The highest BCUT2D eigenvalue weighted by Crippen LogP contribution is 2.49. The first kappa shape index (κ1) is 11.3. The lowest BCUT2D eigenvalue weighted by molar-refractivity contribution is 0.472. The van der Waals surface area contributed by atoms with Crippen LogP contribution in [0.4, 0.5) is 0 Å². The third kappa shape index (κ3) is 2.90. The number of hydrogen-bond acceptors (Lipinski definition) is 2. The average Bonchev–Trinajstić information content (AvgIpc) is 2.86. The summed E-state index contributed by atoms with van der Waals surface area (Å²) >= 11 is 1.90. The molecule has 3 heteroatoms. The van der Waals surface area contributed by atoms with Crippen LogP contribution >= 0.6 is 11.8 Å². The van der Waals surface area contributed by atoms with Crippen LogP contribution in [-0.4, -0.2) is 23.5 Å². The Balaban J connectivity index is 1.79. The summed E-state index contributed by atoms with van der Waals surface area (Å²) < 4.78 is 0. The molecule has 1 aliphatic heterocycles. The van der Waals surface area contributed by atoms with Crippen molar-refractivity contribution < 1.29 is 0 Å². The minimum atomic E-state index is 0.605. The minimum absolute atomic E-state index is 0.605. The zero-order chi connectivity index (χ0) is 10.7. The van der Waals surface area contributed by atoms with Gasteiger partial charge in [-0.25, -0.2) is 0 Å². The number of nitrogens with one attached hydrogen (secondary N) is 1. The molecule has 1 saturated heterocycles. The molecular weight excluding hydrogens is 204 g/mol. The maximum atomic E-state index is 4.74. The lowest BCUT2D eigenvalue weighted by Gasteiger charge is -2.11. The zero-order valence-electron chi connectivity index (χ0n) is 9.88. The Hall–Kier alpha value is -0.180. The molecule has 0 amide bonds. The van der Waals surface area contributed by atoms with Crippen LogP contribution in [0.2, 0.25) is 0 Å². The first-order chi connectivity index (χ1) is 7.28. The van der Waals surface area contributed by atoms with Gasteiger partial charge >= 0.3 is 0 Å². The molecule has 2 nitrogen and oxygen atoms in total. The fraction of sp³-hybridized carbons (Fsp3) is 0.917. The summed E-state index contributed by atoms with van der Waals surface area (Å²) in [7, 11) is 0. The van der Waals surface area contributed by atoms with Gasteiger partial charge in [0.2, 0.25) is 0 Å². The van der Waals surface area contributed by atoms with E-state index < -0.39 is 0 Å². The van der Waals surface area contributed by atoms with Gasteiger partial charge in [0.15, 0.2) is 5.17 Å².